The summed E-state index contributed by atoms with van der Waals surface area (Å²) in [7, 11) is 0. The maximum atomic E-state index is 13.3. The molecule has 13 nitrogen and oxygen atoms in total. The Labute approximate surface area is 246 Å². The molecule has 0 spiro atoms. The molecule has 4 atom stereocenters. The van der Waals surface area contributed by atoms with Crippen LogP contribution in [0, 0.1) is 5.92 Å². The van der Waals surface area contributed by atoms with Crippen molar-refractivity contribution in [3.63, 3.8) is 0 Å². The second-order valence-corrected chi connectivity index (χ2v) is 11.2. The molecule has 0 aromatic heterocycles. The molecule has 0 bridgehead atoms. The predicted molar refractivity (Wildman–Crippen MR) is 154 cm³/mol. The topological polar surface area (TPSA) is 178 Å². The van der Waals surface area contributed by atoms with E-state index in [1.165, 1.54) is 12.5 Å². The Bertz CT molecular complexity index is 1110. The van der Waals surface area contributed by atoms with E-state index in [4.69, 9.17) is 4.74 Å². The smallest absolute Gasteiger partial charge is 0.255 e. The van der Waals surface area contributed by atoms with E-state index in [1.54, 1.807) is 39.0 Å². The highest BCUT2D eigenvalue weighted by atomic mass is 16.5. The number of para-hydroxylation sites is 1. The Morgan fingerprint density at radius 3 is 2.43 bits per heavy atom. The van der Waals surface area contributed by atoms with Gasteiger partial charge in [0.25, 0.3) is 5.91 Å². The number of benzene rings is 1. The van der Waals surface area contributed by atoms with Crippen LogP contribution in [0.1, 0.15) is 56.8 Å². The van der Waals surface area contributed by atoms with E-state index < -0.39 is 66.7 Å². The molecule has 2 aliphatic heterocycles. The van der Waals surface area contributed by atoms with Gasteiger partial charge in [0.05, 0.1) is 24.6 Å². The standard InChI is InChI=1S/C29H44N6O7/c1-18(2)25-29(41)31-19(3)17-42-23-10-6-5-9-20(23)26(38)33-21(15-24(37)32-22(16-36)28(40)34-25)27(39)30-11-14-35-12-7-4-8-13-35/h5-6,9-10,18-19,21-22,25,36H,4,7-8,11-17H2,1-3H3,(H,30,39)(H,31,41)(H,32,37)(H,33,38)(H,34,40)/t19-,21-,22-,25+/m0/s1. The van der Waals surface area contributed by atoms with Gasteiger partial charge < -0.3 is 41.3 Å². The zero-order chi connectivity index (χ0) is 30.6. The number of nitrogens with one attached hydrogen (secondary N) is 5. The summed E-state index contributed by atoms with van der Waals surface area (Å²) in [4.78, 5) is 67.7. The van der Waals surface area contributed by atoms with Crippen LogP contribution in [-0.4, -0.2) is 103 Å². The van der Waals surface area contributed by atoms with Crippen LogP contribution in [0.3, 0.4) is 0 Å². The molecule has 2 aliphatic rings. The fraction of sp³-hybridized carbons (Fsp3) is 0.621. The number of amides is 5. The van der Waals surface area contributed by atoms with Crippen molar-refractivity contribution in [1.29, 1.82) is 0 Å². The third kappa shape index (κ3) is 9.69. The fourth-order valence-electron chi connectivity index (χ4n) is 4.88. The van der Waals surface area contributed by atoms with E-state index in [1.807, 2.05) is 0 Å². The lowest BCUT2D eigenvalue weighted by atomic mass is 10.0. The third-order valence-corrected chi connectivity index (χ3v) is 7.28. The van der Waals surface area contributed by atoms with Gasteiger partial charge in [-0.2, -0.15) is 0 Å². The van der Waals surface area contributed by atoms with E-state index in [9.17, 15) is 29.1 Å². The number of ether oxygens (including phenoxy) is 1. The Hall–Kier alpha value is -3.71. The Morgan fingerprint density at radius 1 is 1.02 bits per heavy atom. The molecular weight excluding hydrogens is 544 g/mol. The monoisotopic (exact) mass is 588 g/mol. The Kier molecular flexibility index (Phi) is 12.5. The highest BCUT2D eigenvalue weighted by Crippen LogP contribution is 2.19. The molecule has 1 aromatic rings. The normalized spacial score (nSPS) is 25.2. The molecule has 1 saturated heterocycles. The van der Waals surface area contributed by atoms with Crippen molar-refractivity contribution in [2.24, 2.45) is 5.92 Å². The molecule has 42 heavy (non-hydrogen) atoms. The number of fused-ring (bicyclic) bond motifs is 1. The molecule has 1 fully saturated rings. The number of aliphatic hydroxyl groups is 1. The van der Waals surface area contributed by atoms with Crippen LogP contribution in [0.2, 0.25) is 0 Å². The molecule has 13 heteroatoms. The third-order valence-electron chi connectivity index (χ3n) is 7.28. The Morgan fingerprint density at radius 2 is 1.74 bits per heavy atom. The van der Waals surface area contributed by atoms with E-state index in [0.717, 1.165) is 25.9 Å². The lowest BCUT2D eigenvalue weighted by Gasteiger charge is -2.27. The van der Waals surface area contributed by atoms with E-state index in [-0.39, 0.29) is 23.8 Å². The second-order valence-electron chi connectivity index (χ2n) is 11.2. The van der Waals surface area contributed by atoms with E-state index in [0.29, 0.717) is 13.1 Å². The fourth-order valence-corrected chi connectivity index (χ4v) is 4.88. The summed E-state index contributed by atoms with van der Waals surface area (Å²) >= 11 is 0. The zero-order valence-corrected chi connectivity index (χ0v) is 24.6. The number of hydrogen-bond donors (Lipinski definition) is 6. The number of likely N-dealkylation sites (tertiary alicyclic amines) is 1. The Balaban J connectivity index is 1.84. The zero-order valence-electron chi connectivity index (χ0n) is 24.6. The van der Waals surface area contributed by atoms with Gasteiger partial charge in [0, 0.05) is 13.1 Å². The number of hydrogen-bond acceptors (Lipinski definition) is 8. The first-order chi connectivity index (χ1) is 20.1. The average Bonchev–Trinajstić information content (AvgIpc) is 2.97. The van der Waals surface area contributed by atoms with E-state index in [2.05, 4.69) is 31.5 Å². The number of aliphatic hydroxyl groups excluding tert-OH is 1. The van der Waals surface area contributed by atoms with Gasteiger partial charge in [-0.3, -0.25) is 24.0 Å². The van der Waals surface area contributed by atoms with Gasteiger partial charge in [0.2, 0.25) is 23.6 Å². The minimum absolute atomic E-state index is 0.0223. The van der Waals surface area contributed by atoms with Crippen LogP contribution in [-0.2, 0) is 19.2 Å². The molecule has 0 unspecified atom stereocenters. The van der Waals surface area contributed by atoms with Crippen LogP contribution >= 0.6 is 0 Å². The molecule has 5 amide bonds. The lowest BCUT2D eigenvalue weighted by molar-refractivity contribution is -0.134. The van der Waals surface area contributed by atoms with Crippen molar-refractivity contribution >= 4 is 29.5 Å². The summed E-state index contributed by atoms with van der Waals surface area (Å²) in [6.07, 6.45) is 2.91. The quantitative estimate of drug-likeness (QED) is 0.252. The van der Waals surface area contributed by atoms with Crippen molar-refractivity contribution in [2.45, 2.75) is 70.6 Å². The molecule has 0 aliphatic carbocycles. The van der Waals surface area contributed by atoms with Gasteiger partial charge in [-0.1, -0.05) is 32.4 Å². The average molecular weight is 589 g/mol. The lowest BCUT2D eigenvalue weighted by Crippen LogP contribution is -2.58. The number of carbonyl (C=O) groups excluding carboxylic acids is 5. The molecule has 0 saturated carbocycles. The molecular formula is C29H44N6O7. The molecule has 6 N–H and O–H groups in total. The molecule has 2 heterocycles. The predicted octanol–water partition coefficient (Wildman–Crippen LogP) is -0.708. The van der Waals surface area contributed by atoms with Gasteiger partial charge >= 0.3 is 0 Å². The molecule has 0 radical (unpaired) electrons. The summed E-state index contributed by atoms with van der Waals surface area (Å²) in [5.74, 6) is -3.22. The summed E-state index contributed by atoms with van der Waals surface area (Å²) in [5, 5.41) is 23.1. The van der Waals surface area contributed by atoms with Gasteiger partial charge in [-0.25, -0.2) is 0 Å². The van der Waals surface area contributed by atoms with Crippen molar-refractivity contribution in [1.82, 2.24) is 31.5 Å². The summed E-state index contributed by atoms with van der Waals surface area (Å²) in [6, 6.07) is 2.39. The molecule has 3 rings (SSSR count). The van der Waals surface area contributed by atoms with Gasteiger partial charge in [-0.15, -0.1) is 0 Å². The number of carbonyl (C=O) groups is 5. The maximum absolute atomic E-state index is 13.3. The first-order valence-corrected chi connectivity index (χ1v) is 14.6. The first-order valence-electron chi connectivity index (χ1n) is 14.6. The van der Waals surface area contributed by atoms with Gasteiger partial charge in [0.15, 0.2) is 0 Å². The van der Waals surface area contributed by atoms with Crippen molar-refractivity contribution in [2.75, 3.05) is 39.4 Å². The molecule has 232 valence electrons. The number of nitrogens with zero attached hydrogens (tertiary/aromatic N) is 1. The van der Waals surface area contributed by atoms with Gasteiger partial charge in [0.1, 0.15) is 30.5 Å². The van der Waals surface area contributed by atoms with Crippen molar-refractivity contribution in [3.05, 3.63) is 29.8 Å². The second kappa shape index (κ2) is 16.1. The summed E-state index contributed by atoms with van der Waals surface area (Å²) in [5.41, 5.74) is 0.150. The van der Waals surface area contributed by atoms with Crippen LogP contribution in [0.25, 0.3) is 0 Å². The van der Waals surface area contributed by atoms with Crippen LogP contribution < -0.4 is 31.3 Å². The van der Waals surface area contributed by atoms with Crippen LogP contribution in [0.15, 0.2) is 24.3 Å². The number of piperidine rings is 1. The van der Waals surface area contributed by atoms with Crippen LogP contribution in [0.5, 0.6) is 5.75 Å². The van der Waals surface area contributed by atoms with Crippen molar-refractivity contribution < 1.29 is 33.8 Å². The summed E-state index contributed by atoms with van der Waals surface area (Å²) in [6.45, 7) is 7.40. The van der Waals surface area contributed by atoms with Crippen LogP contribution in [0.4, 0.5) is 0 Å². The SMILES string of the molecule is CC(C)[C@H]1NC(=O)[C@H](CO)NC(=O)C[C@@H](C(=O)NCCN2CCCCC2)NC(=O)c2ccccc2OC[C@H](C)NC1=O. The highest BCUT2D eigenvalue weighted by Gasteiger charge is 2.31. The largest absolute Gasteiger partial charge is 0.491 e. The van der Waals surface area contributed by atoms with E-state index >= 15 is 0 Å². The number of rotatable bonds is 6. The minimum atomic E-state index is -1.37. The first kappa shape index (κ1) is 32.8. The maximum Gasteiger partial charge on any atom is 0.255 e. The molecule has 1 aromatic carbocycles. The minimum Gasteiger partial charge on any atom is -0.491 e. The van der Waals surface area contributed by atoms with Crippen molar-refractivity contribution in [3.8, 4) is 5.75 Å². The highest BCUT2D eigenvalue weighted by molar-refractivity contribution is 6.01. The summed E-state index contributed by atoms with van der Waals surface area (Å²) < 4.78 is 5.86. The van der Waals surface area contributed by atoms with Gasteiger partial charge in [-0.05, 0) is 50.9 Å².